The van der Waals surface area contributed by atoms with Crippen LogP contribution >= 0.6 is 11.3 Å². The summed E-state index contributed by atoms with van der Waals surface area (Å²) in [6.07, 6.45) is 2.98. The monoisotopic (exact) mass is 276 g/mol. The highest BCUT2D eigenvalue weighted by Gasteiger charge is 2.03. The van der Waals surface area contributed by atoms with Crippen molar-refractivity contribution in [3.63, 3.8) is 0 Å². The highest BCUT2D eigenvalue weighted by Crippen LogP contribution is 2.11. The zero-order chi connectivity index (χ0) is 13.5. The Morgan fingerprint density at radius 2 is 2.37 bits per heavy atom. The van der Waals surface area contributed by atoms with Crippen molar-refractivity contribution >= 4 is 17.2 Å². The van der Waals surface area contributed by atoms with E-state index in [-0.39, 0.29) is 5.91 Å². The molecule has 0 saturated heterocycles. The number of ether oxygens (including phenoxy) is 1. The van der Waals surface area contributed by atoms with E-state index in [2.05, 4.69) is 10.3 Å². The molecule has 0 saturated carbocycles. The quantitative estimate of drug-likeness (QED) is 0.881. The summed E-state index contributed by atoms with van der Waals surface area (Å²) in [6, 6.07) is 7.73. The Kier molecular flexibility index (Phi) is 4.92. The summed E-state index contributed by atoms with van der Waals surface area (Å²) in [4.78, 5) is 17.0. The van der Waals surface area contributed by atoms with Gasteiger partial charge < -0.3 is 10.1 Å². The predicted octanol–water partition coefficient (Wildman–Crippen LogP) is 2.40. The summed E-state index contributed by atoms with van der Waals surface area (Å²) in [5, 5.41) is 4.92. The Labute approximate surface area is 116 Å². The van der Waals surface area contributed by atoms with Crippen LogP contribution in [-0.2, 0) is 17.8 Å². The Bertz CT molecular complexity index is 526. The van der Waals surface area contributed by atoms with Gasteiger partial charge in [0.05, 0.1) is 7.11 Å². The van der Waals surface area contributed by atoms with Gasteiger partial charge in [0.25, 0.3) is 0 Å². The molecule has 100 valence electrons. The molecule has 0 radical (unpaired) electrons. The minimum atomic E-state index is 0.0594. The van der Waals surface area contributed by atoms with Gasteiger partial charge in [0.1, 0.15) is 0 Å². The van der Waals surface area contributed by atoms with Crippen molar-refractivity contribution in [1.29, 1.82) is 0 Å². The molecule has 0 unspecified atom stereocenters. The number of hydrogen-bond donors (Lipinski definition) is 1. The van der Waals surface area contributed by atoms with E-state index in [9.17, 15) is 4.79 Å². The molecule has 2 aromatic heterocycles. The first-order valence-electron chi connectivity index (χ1n) is 6.06. The lowest BCUT2D eigenvalue weighted by molar-refractivity contribution is -0.121. The molecule has 0 fully saturated rings. The van der Waals surface area contributed by atoms with E-state index in [1.807, 2.05) is 29.6 Å². The average Bonchev–Trinajstić information content (AvgIpc) is 2.96. The fourth-order valence-electron chi connectivity index (χ4n) is 1.65. The molecule has 0 spiro atoms. The second-order valence-electron chi connectivity index (χ2n) is 4.06. The molecule has 2 aromatic rings. The molecular weight excluding hydrogens is 260 g/mol. The van der Waals surface area contributed by atoms with Crippen LogP contribution in [0.2, 0.25) is 0 Å². The van der Waals surface area contributed by atoms with Gasteiger partial charge in [0, 0.05) is 30.1 Å². The summed E-state index contributed by atoms with van der Waals surface area (Å²) < 4.78 is 5.04. The van der Waals surface area contributed by atoms with E-state index < -0.39 is 0 Å². The van der Waals surface area contributed by atoms with Gasteiger partial charge >= 0.3 is 0 Å². The maximum atomic E-state index is 11.7. The zero-order valence-corrected chi connectivity index (χ0v) is 11.6. The van der Waals surface area contributed by atoms with Crippen molar-refractivity contribution in [1.82, 2.24) is 10.3 Å². The highest BCUT2D eigenvalue weighted by atomic mass is 32.1. The number of amides is 1. The summed E-state index contributed by atoms with van der Waals surface area (Å²) in [6.45, 7) is 0.502. The van der Waals surface area contributed by atoms with Crippen molar-refractivity contribution in [2.24, 2.45) is 0 Å². The Hall–Kier alpha value is -1.88. The molecule has 0 bridgehead atoms. The van der Waals surface area contributed by atoms with Gasteiger partial charge in [-0.15, -0.1) is 11.3 Å². The third-order valence-electron chi connectivity index (χ3n) is 2.68. The second-order valence-corrected chi connectivity index (χ2v) is 5.09. The standard InChI is InChI=1S/C14H16N2O2S/c1-18-14-9-11(6-7-15-14)10-16-13(17)5-4-12-3-2-8-19-12/h2-3,6-9H,4-5,10H2,1H3,(H,16,17). The van der Waals surface area contributed by atoms with E-state index in [1.165, 1.54) is 4.88 Å². The fourth-order valence-corrected chi connectivity index (χ4v) is 2.36. The van der Waals surface area contributed by atoms with Gasteiger partial charge in [-0.25, -0.2) is 4.98 Å². The first kappa shape index (κ1) is 13.5. The molecule has 0 aliphatic rings. The number of nitrogens with one attached hydrogen (secondary N) is 1. The number of aryl methyl sites for hydroxylation is 1. The summed E-state index contributed by atoms with van der Waals surface area (Å²) >= 11 is 1.68. The lowest BCUT2D eigenvalue weighted by Gasteiger charge is -2.06. The van der Waals surface area contributed by atoms with Gasteiger partial charge in [0.15, 0.2) is 0 Å². The van der Waals surface area contributed by atoms with Crippen LogP contribution in [0, 0.1) is 0 Å². The SMILES string of the molecule is COc1cc(CNC(=O)CCc2cccs2)ccn1. The predicted molar refractivity (Wildman–Crippen MR) is 75.3 cm³/mol. The molecular formula is C14H16N2O2S. The molecule has 19 heavy (non-hydrogen) atoms. The van der Waals surface area contributed by atoms with Crippen molar-refractivity contribution in [3.05, 3.63) is 46.3 Å². The van der Waals surface area contributed by atoms with E-state index in [0.717, 1.165) is 12.0 Å². The Morgan fingerprint density at radius 3 is 3.11 bits per heavy atom. The van der Waals surface area contributed by atoms with Crippen molar-refractivity contribution < 1.29 is 9.53 Å². The van der Waals surface area contributed by atoms with Gasteiger partial charge in [-0.3, -0.25) is 4.79 Å². The normalized spacial score (nSPS) is 10.2. The topological polar surface area (TPSA) is 51.2 Å². The van der Waals surface area contributed by atoms with Gasteiger partial charge in [-0.1, -0.05) is 6.07 Å². The molecule has 2 heterocycles. The first-order chi connectivity index (χ1) is 9.28. The zero-order valence-electron chi connectivity index (χ0n) is 10.8. The second kappa shape index (κ2) is 6.89. The van der Waals surface area contributed by atoms with Crippen LogP contribution in [-0.4, -0.2) is 18.0 Å². The van der Waals surface area contributed by atoms with Crippen LogP contribution in [0.25, 0.3) is 0 Å². The van der Waals surface area contributed by atoms with Crippen LogP contribution in [0.15, 0.2) is 35.8 Å². The van der Waals surface area contributed by atoms with Crippen LogP contribution in [0.3, 0.4) is 0 Å². The van der Waals surface area contributed by atoms with Gasteiger partial charge in [-0.2, -0.15) is 0 Å². The van der Waals surface area contributed by atoms with Crippen molar-refractivity contribution in [3.8, 4) is 5.88 Å². The maximum absolute atomic E-state index is 11.7. The molecule has 0 aliphatic carbocycles. The molecule has 0 atom stereocenters. The fraction of sp³-hybridized carbons (Fsp3) is 0.286. The number of thiophene rings is 1. The van der Waals surface area contributed by atoms with Crippen molar-refractivity contribution in [2.45, 2.75) is 19.4 Å². The number of hydrogen-bond acceptors (Lipinski definition) is 4. The number of nitrogens with zero attached hydrogens (tertiary/aromatic N) is 1. The molecule has 4 nitrogen and oxygen atoms in total. The third kappa shape index (κ3) is 4.37. The maximum Gasteiger partial charge on any atom is 0.220 e. The Balaban J connectivity index is 1.76. The van der Waals surface area contributed by atoms with E-state index in [1.54, 1.807) is 24.6 Å². The number of pyridine rings is 1. The number of methoxy groups -OCH3 is 1. The number of carbonyl (C=O) groups is 1. The van der Waals surface area contributed by atoms with Crippen LogP contribution in [0.5, 0.6) is 5.88 Å². The highest BCUT2D eigenvalue weighted by molar-refractivity contribution is 7.09. The minimum absolute atomic E-state index is 0.0594. The molecule has 5 heteroatoms. The number of rotatable bonds is 6. The summed E-state index contributed by atoms with van der Waals surface area (Å²) in [5.41, 5.74) is 0.983. The van der Waals surface area contributed by atoms with E-state index in [0.29, 0.717) is 18.8 Å². The van der Waals surface area contributed by atoms with Crippen LogP contribution in [0.1, 0.15) is 16.9 Å². The lowest BCUT2D eigenvalue weighted by atomic mass is 10.2. The van der Waals surface area contributed by atoms with Crippen molar-refractivity contribution in [2.75, 3.05) is 7.11 Å². The molecule has 0 aromatic carbocycles. The Morgan fingerprint density at radius 1 is 1.47 bits per heavy atom. The molecule has 2 rings (SSSR count). The largest absolute Gasteiger partial charge is 0.481 e. The number of aromatic nitrogens is 1. The van der Waals surface area contributed by atoms with Gasteiger partial charge in [-0.05, 0) is 29.5 Å². The third-order valence-corrected chi connectivity index (χ3v) is 3.61. The smallest absolute Gasteiger partial charge is 0.220 e. The van der Waals surface area contributed by atoms with Crippen LogP contribution in [0.4, 0.5) is 0 Å². The summed E-state index contributed by atoms with van der Waals surface area (Å²) in [7, 11) is 1.58. The van der Waals surface area contributed by atoms with Gasteiger partial charge in [0.2, 0.25) is 11.8 Å². The average molecular weight is 276 g/mol. The van der Waals surface area contributed by atoms with Crippen LogP contribution < -0.4 is 10.1 Å². The number of carbonyl (C=O) groups excluding carboxylic acids is 1. The lowest BCUT2D eigenvalue weighted by Crippen LogP contribution is -2.22. The molecule has 1 amide bonds. The summed E-state index contributed by atoms with van der Waals surface area (Å²) in [5.74, 6) is 0.620. The molecule has 0 aliphatic heterocycles. The molecule has 1 N–H and O–H groups in total. The van der Waals surface area contributed by atoms with E-state index in [4.69, 9.17) is 4.74 Å². The minimum Gasteiger partial charge on any atom is -0.481 e. The van der Waals surface area contributed by atoms with E-state index >= 15 is 0 Å². The first-order valence-corrected chi connectivity index (χ1v) is 6.94.